The highest BCUT2D eigenvalue weighted by molar-refractivity contribution is 5.38. The predicted molar refractivity (Wildman–Crippen MR) is 92.0 cm³/mol. The Morgan fingerprint density at radius 2 is 1.29 bits per heavy atom. The van der Waals surface area contributed by atoms with Gasteiger partial charge in [-0.2, -0.15) is 0 Å². The van der Waals surface area contributed by atoms with E-state index < -0.39 is 0 Å². The molecule has 0 spiro atoms. The molecule has 0 atom stereocenters. The molecule has 0 bridgehead atoms. The first-order valence-electron chi connectivity index (χ1n) is 8.41. The van der Waals surface area contributed by atoms with Crippen molar-refractivity contribution < 1.29 is 28.4 Å². The van der Waals surface area contributed by atoms with E-state index in [1.54, 1.807) is 7.11 Å². The lowest BCUT2D eigenvalue weighted by Gasteiger charge is -2.12. The Labute approximate surface area is 144 Å². The van der Waals surface area contributed by atoms with Crippen LogP contribution in [0.2, 0.25) is 0 Å². The number of benzene rings is 1. The van der Waals surface area contributed by atoms with Crippen molar-refractivity contribution in [1.29, 1.82) is 0 Å². The summed E-state index contributed by atoms with van der Waals surface area (Å²) in [6, 6.07) is 5.85. The van der Waals surface area contributed by atoms with Gasteiger partial charge in [0.05, 0.1) is 33.0 Å². The number of ether oxygens (including phenoxy) is 6. The van der Waals surface area contributed by atoms with Crippen LogP contribution in [0.15, 0.2) is 18.2 Å². The molecule has 1 rings (SSSR count). The van der Waals surface area contributed by atoms with Crippen molar-refractivity contribution in [2.24, 2.45) is 0 Å². The summed E-state index contributed by atoms with van der Waals surface area (Å²) in [5, 5.41) is 0. The highest BCUT2D eigenvalue weighted by atomic mass is 16.7. The molecule has 0 N–H and O–H groups in total. The van der Waals surface area contributed by atoms with Crippen LogP contribution >= 0.6 is 0 Å². The van der Waals surface area contributed by atoms with Crippen LogP contribution in [0.25, 0.3) is 0 Å². The van der Waals surface area contributed by atoms with Crippen molar-refractivity contribution in [1.82, 2.24) is 0 Å². The molecule has 138 valence electrons. The summed E-state index contributed by atoms with van der Waals surface area (Å²) in [5.74, 6) is 1.52. The molecule has 0 amide bonds. The van der Waals surface area contributed by atoms with Crippen LogP contribution in [-0.2, 0) is 25.4 Å². The van der Waals surface area contributed by atoms with Crippen LogP contribution in [0.4, 0.5) is 0 Å². The van der Waals surface area contributed by atoms with Crippen LogP contribution in [0, 0.1) is 0 Å². The number of aryl methyl sites for hydroxylation is 1. The van der Waals surface area contributed by atoms with Crippen molar-refractivity contribution in [3.63, 3.8) is 0 Å². The van der Waals surface area contributed by atoms with Crippen molar-refractivity contribution in [2.45, 2.75) is 20.3 Å². The van der Waals surface area contributed by atoms with Crippen molar-refractivity contribution in [2.75, 3.05) is 60.2 Å². The average Bonchev–Trinajstić information content (AvgIpc) is 2.61. The molecule has 24 heavy (non-hydrogen) atoms. The van der Waals surface area contributed by atoms with Crippen molar-refractivity contribution in [3.05, 3.63) is 23.8 Å². The normalized spacial score (nSPS) is 10.8. The van der Waals surface area contributed by atoms with Gasteiger partial charge in [0.2, 0.25) is 0 Å². The van der Waals surface area contributed by atoms with E-state index in [1.165, 1.54) is 0 Å². The number of methoxy groups -OCH3 is 1. The van der Waals surface area contributed by atoms with Gasteiger partial charge in [-0.3, -0.25) is 0 Å². The lowest BCUT2D eigenvalue weighted by molar-refractivity contribution is 0.0113. The first-order chi connectivity index (χ1) is 11.8. The van der Waals surface area contributed by atoms with Gasteiger partial charge in [-0.25, -0.2) is 0 Å². The molecule has 6 heteroatoms. The molecule has 0 unspecified atom stereocenters. The summed E-state index contributed by atoms with van der Waals surface area (Å²) in [6.07, 6.45) is 0.913. The molecule has 1 aromatic rings. The molecule has 0 radical (unpaired) electrons. The van der Waals surface area contributed by atoms with E-state index in [1.807, 2.05) is 25.1 Å². The van der Waals surface area contributed by atoms with Crippen LogP contribution in [0.5, 0.6) is 11.5 Å². The maximum Gasteiger partial charge on any atom is 0.188 e. The van der Waals surface area contributed by atoms with Gasteiger partial charge in [0.1, 0.15) is 18.1 Å². The topological polar surface area (TPSA) is 55.4 Å². The zero-order valence-electron chi connectivity index (χ0n) is 15.0. The van der Waals surface area contributed by atoms with Gasteiger partial charge >= 0.3 is 0 Å². The summed E-state index contributed by atoms with van der Waals surface area (Å²) >= 11 is 0. The molecular formula is C18H30O6. The fourth-order valence-electron chi connectivity index (χ4n) is 1.93. The lowest BCUT2D eigenvalue weighted by atomic mass is 10.1. The number of hydrogen-bond donors (Lipinski definition) is 0. The van der Waals surface area contributed by atoms with Gasteiger partial charge in [-0.1, -0.05) is 6.92 Å². The number of hydrogen-bond acceptors (Lipinski definition) is 6. The largest absolute Gasteiger partial charge is 0.491 e. The van der Waals surface area contributed by atoms with Crippen molar-refractivity contribution in [3.8, 4) is 11.5 Å². The maximum absolute atomic E-state index is 5.72. The third kappa shape index (κ3) is 9.72. The highest BCUT2D eigenvalue weighted by Crippen LogP contribution is 2.23. The Morgan fingerprint density at radius 3 is 1.88 bits per heavy atom. The second-order valence-corrected chi connectivity index (χ2v) is 4.99. The second-order valence-electron chi connectivity index (χ2n) is 4.99. The third-order valence-corrected chi connectivity index (χ3v) is 3.14. The third-order valence-electron chi connectivity index (χ3n) is 3.14. The molecule has 0 fully saturated rings. The SMILES string of the molecule is CCOCCOCCOCCOc1cc(CC)cc(OCOC)c1. The average molecular weight is 342 g/mol. The minimum absolute atomic E-state index is 0.221. The fraction of sp³-hybridized carbons (Fsp3) is 0.667. The van der Waals surface area contributed by atoms with E-state index in [9.17, 15) is 0 Å². The lowest BCUT2D eigenvalue weighted by Crippen LogP contribution is -2.12. The molecule has 1 aromatic carbocycles. The fourth-order valence-corrected chi connectivity index (χ4v) is 1.93. The zero-order chi connectivity index (χ0) is 17.5. The summed E-state index contributed by atoms with van der Waals surface area (Å²) in [7, 11) is 1.60. The van der Waals surface area contributed by atoms with Gasteiger partial charge in [-0.15, -0.1) is 0 Å². The molecule has 0 saturated carbocycles. The summed E-state index contributed by atoms with van der Waals surface area (Å²) in [5.41, 5.74) is 1.15. The molecule has 0 heterocycles. The second kappa shape index (κ2) is 14.0. The zero-order valence-corrected chi connectivity index (χ0v) is 15.0. The van der Waals surface area contributed by atoms with E-state index in [2.05, 4.69) is 6.92 Å². The van der Waals surface area contributed by atoms with Gasteiger partial charge in [0.15, 0.2) is 6.79 Å². The Hall–Kier alpha value is -1.34. The predicted octanol–water partition coefficient (Wildman–Crippen LogP) is 2.68. The standard InChI is InChI=1S/C18H30O6/c1-4-16-12-17(14-18(13-16)24-15-19-3)23-11-10-22-9-8-21-7-6-20-5-2/h12-14H,4-11,15H2,1-3H3. The van der Waals surface area contributed by atoms with E-state index in [-0.39, 0.29) is 6.79 Å². The maximum atomic E-state index is 5.72. The van der Waals surface area contributed by atoms with E-state index in [0.717, 1.165) is 23.5 Å². The van der Waals surface area contributed by atoms with Gasteiger partial charge in [0, 0.05) is 19.8 Å². The summed E-state index contributed by atoms with van der Waals surface area (Å²) in [6.45, 7) is 8.32. The molecule has 0 aliphatic rings. The van der Waals surface area contributed by atoms with Gasteiger partial charge < -0.3 is 28.4 Å². The molecule has 0 aliphatic carbocycles. The first-order valence-corrected chi connectivity index (χ1v) is 8.41. The summed E-state index contributed by atoms with van der Waals surface area (Å²) < 4.78 is 32.1. The van der Waals surface area contributed by atoms with Crippen LogP contribution < -0.4 is 9.47 Å². The molecule has 0 aromatic heterocycles. The molecule has 6 nitrogen and oxygen atoms in total. The van der Waals surface area contributed by atoms with Crippen LogP contribution in [0.1, 0.15) is 19.4 Å². The Morgan fingerprint density at radius 1 is 0.708 bits per heavy atom. The Bertz CT molecular complexity index is 424. The van der Waals surface area contributed by atoms with Crippen LogP contribution in [-0.4, -0.2) is 60.2 Å². The smallest absolute Gasteiger partial charge is 0.188 e. The quantitative estimate of drug-likeness (QED) is 0.361. The number of rotatable bonds is 15. The molecule has 0 saturated heterocycles. The van der Waals surface area contributed by atoms with E-state index >= 15 is 0 Å². The van der Waals surface area contributed by atoms with E-state index in [4.69, 9.17) is 28.4 Å². The van der Waals surface area contributed by atoms with Gasteiger partial charge in [-0.05, 0) is 31.0 Å². The molecule has 0 aliphatic heterocycles. The van der Waals surface area contributed by atoms with Crippen LogP contribution in [0.3, 0.4) is 0 Å². The van der Waals surface area contributed by atoms with E-state index in [0.29, 0.717) is 46.2 Å². The Kier molecular flexibility index (Phi) is 12.1. The Balaban J connectivity index is 2.17. The van der Waals surface area contributed by atoms with Gasteiger partial charge in [0.25, 0.3) is 0 Å². The minimum Gasteiger partial charge on any atom is -0.491 e. The van der Waals surface area contributed by atoms with Crippen molar-refractivity contribution >= 4 is 0 Å². The minimum atomic E-state index is 0.221. The molecular weight excluding hydrogens is 312 g/mol. The first kappa shape index (κ1) is 20.7. The highest BCUT2D eigenvalue weighted by Gasteiger charge is 2.03. The summed E-state index contributed by atoms with van der Waals surface area (Å²) in [4.78, 5) is 0. The monoisotopic (exact) mass is 342 g/mol.